The maximum Gasteiger partial charge on any atom is 0.127 e. The molecule has 0 saturated carbocycles. The number of aryl methyl sites for hydroxylation is 1. The van der Waals surface area contributed by atoms with Crippen LogP contribution in [0.3, 0.4) is 0 Å². The lowest BCUT2D eigenvalue weighted by Gasteiger charge is -2.17. The van der Waals surface area contributed by atoms with E-state index in [1.807, 2.05) is 29.9 Å². The third-order valence-corrected chi connectivity index (χ3v) is 3.66. The summed E-state index contributed by atoms with van der Waals surface area (Å²) in [5.41, 5.74) is 1.65. The molecule has 0 radical (unpaired) electrons. The van der Waals surface area contributed by atoms with Crippen LogP contribution in [0.2, 0.25) is 0 Å². The molecule has 1 aromatic carbocycles. The van der Waals surface area contributed by atoms with E-state index in [-0.39, 0.29) is 11.9 Å². The molecule has 0 spiro atoms. The van der Waals surface area contributed by atoms with Gasteiger partial charge in [0.2, 0.25) is 0 Å². The highest BCUT2D eigenvalue weighted by atomic mass is 79.9. The van der Waals surface area contributed by atoms with Crippen LogP contribution in [-0.2, 0) is 13.5 Å². The number of halogens is 2. The van der Waals surface area contributed by atoms with Crippen LogP contribution in [0.4, 0.5) is 4.39 Å². The summed E-state index contributed by atoms with van der Waals surface area (Å²) in [4.78, 5) is 4.38. The van der Waals surface area contributed by atoms with Gasteiger partial charge in [0.15, 0.2) is 0 Å². The van der Waals surface area contributed by atoms with Gasteiger partial charge in [-0.1, -0.05) is 28.9 Å². The second-order valence-corrected chi connectivity index (χ2v) is 5.83. The smallest absolute Gasteiger partial charge is 0.127 e. The molecule has 0 aliphatic rings. The molecule has 1 atom stereocenters. The fourth-order valence-electron chi connectivity index (χ4n) is 2.12. The van der Waals surface area contributed by atoms with Gasteiger partial charge in [-0.05, 0) is 37.1 Å². The topological polar surface area (TPSA) is 29.9 Å². The Labute approximate surface area is 127 Å². The van der Waals surface area contributed by atoms with Crippen LogP contribution in [0.5, 0.6) is 0 Å². The van der Waals surface area contributed by atoms with Gasteiger partial charge in [-0.2, -0.15) is 0 Å². The van der Waals surface area contributed by atoms with Crippen molar-refractivity contribution < 1.29 is 4.39 Å². The second-order valence-electron chi connectivity index (χ2n) is 4.91. The van der Waals surface area contributed by atoms with E-state index in [9.17, 15) is 4.39 Å². The fraction of sp³-hybridized carbons (Fsp3) is 0.400. The summed E-state index contributed by atoms with van der Waals surface area (Å²) in [5, 5.41) is 3.44. The van der Waals surface area contributed by atoms with Gasteiger partial charge in [0.05, 0.1) is 18.1 Å². The number of hydrogen-bond acceptors (Lipinski definition) is 2. The molecule has 1 heterocycles. The molecule has 1 unspecified atom stereocenters. The van der Waals surface area contributed by atoms with Crippen molar-refractivity contribution in [1.82, 2.24) is 14.9 Å². The number of nitrogens with one attached hydrogen (secondary N) is 1. The van der Waals surface area contributed by atoms with E-state index < -0.39 is 0 Å². The average Bonchev–Trinajstić information content (AvgIpc) is 2.83. The Morgan fingerprint density at radius 1 is 1.45 bits per heavy atom. The van der Waals surface area contributed by atoms with Gasteiger partial charge >= 0.3 is 0 Å². The van der Waals surface area contributed by atoms with Crippen LogP contribution in [-0.4, -0.2) is 16.1 Å². The summed E-state index contributed by atoms with van der Waals surface area (Å²) in [7, 11) is 1.94. The lowest BCUT2D eigenvalue weighted by Crippen LogP contribution is -2.24. The molecule has 1 aromatic heterocycles. The van der Waals surface area contributed by atoms with E-state index in [1.165, 1.54) is 6.07 Å². The Hall–Kier alpha value is -1.20. The Bertz CT molecular complexity index is 568. The summed E-state index contributed by atoms with van der Waals surface area (Å²) in [6, 6.07) is 5.23. The van der Waals surface area contributed by atoms with E-state index in [1.54, 1.807) is 6.33 Å². The van der Waals surface area contributed by atoms with Crippen molar-refractivity contribution in [3.05, 3.63) is 52.3 Å². The lowest BCUT2D eigenvalue weighted by molar-refractivity contribution is 0.504. The molecule has 0 saturated heterocycles. The van der Waals surface area contributed by atoms with Crippen LogP contribution in [0.15, 0.2) is 35.2 Å². The number of hydrogen-bond donors (Lipinski definition) is 1. The van der Waals surface area contributed by atoms with Crippen molar-refractivity contribution in [2.24, 2.45) is 7.05 Å². The molecule has 3 nitrogen and oxygen atoms in total. The first-order valence-electron chi connectivity index (χ1n) is 6.75. The number of rotatable bonds is 6. The number of benzene rings is 1. The molecule has 0 bridgehead atoms. The van der Waals surface area contributed by atoms with Crippen LogP contribution < -0.4 is 5.32 Å². The van der Waals surface area contributed by atoms with Gasteiger partial charge in [0.1, 0.15) is 5.82 Å². The van der Waals surface area contributed by atoms with Crippen molar-refractivity contribution in [2.75, 3.05) is 6.54 Å². The van der Waals surface area contributed by atoms with E-state index in [0.29, 0.717) is 12.0 Å². The maximum atomic E-state index is 14.0. The van der Waals surface area contributed by atoms with Crippen molar-refractivity contribution >= 4 is 15.9 Å². The Morgan fingerprint density at radius 2 is 2.25 bits per heavy atom. The minimum atomic E-state index is -0.182. The summed E-state index contributed by atoms with van der Waals surface area (Å²) < 4.78 is 16.6. The van der Waals surface area contributed by atoms with Crippen molar-refractivity contribution in [1.29, 1.82) is 0 Å². The molecule has 108 valence electrons. The quantitative estimate of drug-likeness (QED) is 0.871. The average molecular weight is 340 g/mol. The van der Waals surface area contributed by atoms with Crippen LogP contribution >= 0.6 is 15.9 Å². The highest BCUT2D eigenvalue weighted by molar-refractivity contribution is 9.10. The SMILES string of the molecule is CCCNC(Cc1ccc(Br)cc1F)c1cn(C)cn1. The zero-order valence-electron chi connectivity index (χ0n) is 11.7. The number of imidazole rings is 1. The zero-order chi connectivity index (χ0) is 14.5. The monoisotopic (exact) mass is 339 g/mol. The van der Waals surface area contributed by atoms with E-state index >= 15 is 0 Å². The van der Waals surface area contributed by atoms with Crippen LogP contribution in [0, 0.1) is 5.82 Å². The third-order valence-electron chi connectivity index (χ3n) is 3.16. The first-order chi connectivity index (χ1) is 9.60. The molecule has 0 aliphatic heterocycles. The Balaban J connectivity index is 2.18. The molecule has 2 rings (SSSR count). The highest BCUT2D eigenvalue weighted by Gasteiger charge is 2.16. The van der Waals surface area contributed by atoms with E-state index in [2.05, 4.69) is 33.2 Å². The first kappa shape index (κ1) is 15.2. The Morgan fingerprint density at radius 3 is 2.85 bits per heavy atom. The third kappa shape index (κ3) is 3.90. The molecule has 0 aliphatic carbocycles. The highest BCUT2D eigenvalue weighted by Crippen LogP contribution is 2.21. The molecule has 1 N–H and O–H groups in total. The number of nitrogens with zero attached hydrogens (tertiary/aromatic N) is 2. The second kappa shape index (κ2) is 6.99. The largest absolute Gasteiger partial charge is 0.340 e. The van der Waals surface area contributed by atoms with Crippen molar-refractivity contribution in [3.8, 4) is 0 Å². The first-order valence-corrected chi connectivity index (χ1v) is 7.54. The zero-order valence-corrected chi connectivity index (χ0v) is 13.3. The summed E-state index contributed by atoms with van der Waals surface area (Å²) in [6.07, 6.45) is 5.38. The van der Waals surface area contributed by atoms with Gasteiger partial charge < -0.3 is 9.88 Å². The molecular formula is C15H19BrFN3. The summed E-state index contributed by atoms with van der Waals surface area (Å²) in [5.74, 6) is -0.182. The summed E-state index contributed by atoms with van der Waals surface area (Å²) >= 11 is 3.28. The Kier molecular flexibility index (Phi) is 5.31. The van der Waals surface area contributed by atoms with Gasteiger partial charge in [-0.25, -0.2) is 9.37 Å². The van der Waals surface area contributed by atoms with Gasteiger partial charge in [-0.15, -0.1) is 0 Å². The maximum absolute atomic E-state index is 14.0. The summed E-state index contributed by atoms with van der Waals surface area (Å²) in [6.45, 7) is 3.00. The minimum absolute atomic E-state index is 0.0341. The molecule has 2 aromatic rings. The molecule has 0 amide bonds. The fourth-order valence-corrected chi connectivity index (χ4v) is 2.45. The standard InChI is InChI=1S/C15H19BrFN3/c1-3-6-18-14(15-9-20(2)10-19-15)7-11-4-5-12(16)8-13(11)17/h4-5,8-10,14,18H,3,6-7H2,1-2H3. The van der Waals surface area contributed by atoms with Crippen molar-refractivity contribution in [3.63, 3.8) is 0 Å². The normalized spacial score (nSPS) is 12.6. The minimum Gasteiger partial charge on any atom is -0.340 e. The molecule has 5 heteroatoms. The van der Waals surface area contributed by atoms with Crippen LogP contribution in [0.25, 0.3) is 0 Å². The van der Waals surface area contributed by atoms with Gasteiger partial charge in [0.25, 0.3) is 0 Å². The predicted molar refractivity (Wildman–Crippen MR) is 82.0 cm³/mol. The van der Waals surface area contributed by atoms with E-state index in [0.717, 1.165) is 23.1 Å². The molecule has 0 fully saturated rings. The van der Waals surface area contributed by atoms with Gasteiger partial charge in [0, 0.05) is 17.7 Å². The van der Waals surface area contributed by atoms with Crippen molar-refractivity contribution in [2.45, 2.75) is 25.8 Å². The molecular weight excluding hydrogens is 321 g/mol. The predicted octanol–water partition coefficient (Wildman–Crippen LogP) is 3.61. The van der Waals surface area contributed by atoms with E-state index in [4.69, 9.17) is 0 Å². The number of aromatic nitrogens is 2. The van der Waals surface area contributed by atoms with Crippen LogP contribution in [0.1, 0.15) is 30.6 Å². The van der Waals surface area contributed by atoms with Gasteiger partial charge in [-0.3, -0.25) is 0 Å². The molecule has 20 heavy (non-hydrogen) atoms. The lowest BCUT2D eigenvalue weighted by atomic mass is 10.0.